The summed E-state index contributed by atoms with van der Waals surface area (Å²) in [4.78, 5) is 12.7. The number of nitriles is 1. The van der Waals surface area contributed by atoms with E-state index in [9.17, 15) is 10.1 Å². The topological polar surface area (TPSA) is 79.9 Å². The summed E-state index contributed by atoms with van der Waals surface area (Å²) in [6.07, 6.45) is 1.45. The number of hydrogen-bond donors (Lipinski definition) is 1. The number of nitrogens with one attached hydrogen (secondary N) is 1. The minimum atomic E-state index is -0.574. The molecule has 0 spiro atoms. The van der Waals surface area contributed by atoms with Gasteiger partial charge in [0, 0.05) is 23.2 Å². The molecule has 1 heterocycles. The van der Waals surface area contributed by atoms with Gasteiger partial charge in [0.2, 0.25) is 0 Å². The van der Waals surface area contributed by atoms with E-state index in [-0.39, 0.29) is 5.57 Å². The summed E-state index contributed by atoms with van der Waals surface area (Å²) in [6.45, 7) is 8.34. The van der Waals surface area contributed by atoms with Crippen LogP contribution in [0.5, 0.6) is 5.75 Å². The number of nitrogens with zero attached hydrogens (tertiary/aromatic N) is 3. The number of halogens is 2. The molecule has 0 radical (unpaired) electrons. The Hall–Kier alpha value is -2.49. The van der Waals surface area contributed by atoms with Crippen LogP contribution in [0.2, 0.25) is 10.2 Å². The summed E-state index contributed by atoms with van der Waals surface area (Å²) in [5.41, 5.74) is 2.30. The Labute approximate surface area is 174 Å². The Balaban J connectivity index is 2.36. The highest BCUT2D eigenvalue weighted by Gasteiger charge is 2.18. The molecule has 0 saturated carbocycles. The lowest BCUT2D eigenvalue weighted by atomic mass is 10.1. The molecule has 1 amide bonds. The molecule has 0 atom stereocenters. The van der Waals surface area contributed by atoms with Crippen LogP contribution in [0, 0.1) is 31.1 Å². The Morgan fingerprint density at radius 3 is 2.64 bits per heavy atom. The summed E-state index contributed by atoms with van der Waals surface area (Å²) in [5, 5.41) is 17.5. The van der Waals surface area contributed by atoms with E-state index in [2.05, 4.69) is 24.3 Å². The molecule has 0 saturated heterocycles. The van der Waals surface area contributed by atoms with Gasteiger partial charge < -0.3 is 10.1 Å². The molecule has 28 heavy (non-hydrogen) atoms. The predicted molar refractivity (Wildman–Crippen MR) is 112 cm³/mol. The first-order valence-corrected chi connectivity index (χ1v) is 9.43. The Morgan fingerprint density at radius 1 is 1.39 bits per heavy atom. The van der Waals surface area contributed by atoms with Gasteiger partial charge in [-0.3, -0.25) is 9.48 Å². The van der Waals surface area contributed by atoms with Crippen LogP contribution in [0.25, 0.3) is 6.08 Å². The molecule has 8 heteroatoms. The average molecular weight is 421 g/mol. The summed E-state index contributed by atoms with van der Waals surface area (Å²) in [6, 6.07) is 5.22. The second-order valence-corrected chi connectivity index (χ2v) is 7.56. The van der Waals surface area contributed by atoms with Gasteiger partial charge in [0.05, 0.1) is 18.5 Å². The fourth-order valence-electron chi connectivity index (χ4n) is 2.61. The molecule has 1 aromatic carbocycles. The standard InChI is InChI=1S/C20H22Cl2N4O2/c1-11(2)10-26-19(22)15(13(4)25-26)7-14(9-23)20(27)24-17-6-12(3)16(21)8-18(17)28-5/h6-8,11H,10H2,1-5H3,(H,24,27)/b14-7+. The number of rotatable bonds is 6. The first-order valence-electron chi connectivity index (χ1n) is 8.68. The van der Waals surface area contributed by atoms with E-state index in [0.29, 0.717) is 45.3 Å². The number of methoxy groups -OCH3 is 1. The van der Waals surface area contributed by atoms with Crippen molar-refractivity contribution in [2.45, 2.75) is 34.2 Å². The monoisotopic (exact) mass is 420 g/mol. The number of benzene rings is 1. The van der Waals surface area contributed by atoms with Gasteiger partial charge in [0.1, 0.15) is 22.5 Å². The third kappa shape index (κ3) is 4.86. The smallest absolute Gasteiger partial charge is 0.266 e. The van der Waals surface area contributed by atoms with Crippen molar-refractivity contribution in [1.82, 2.24) is 9.78 Å². The van der Waals surface area contributed by atoms with Crippen LogP contribution in [0.3, 0.4) is 0 Å². The highest BCUT2D eigenvalue weighted by atomic mass is 35.5. The number of carbonyl (C=O) groups excluding carboxylic acids is 1. The van der Waals surface area contributed by atoms with Gasteiger partial charge in [0.15, 0.2) is 0 Å². The lowest BCUT2D eigenvalue weighted by molar-refractivity contribution is -0.112. The van der Waals surface area contributed by atoms with Crippen LogP contribution in [-0.4, -0.2) is 22.8 Å². The Kier molecular flexibility index (Phi) is 7.11. The maximum Gasteiger partial charge on any atom is 0.266 e. The molecule has 0 bridgehead atoms. The Bertz CT molecular complexity index is 972. The van der Waals surface area contributed by atoms with E-state index in [0.717, 1.165) is 5.56 Å². The number of aryl methyl sites for hydroxylation is 2. The summed E-state index contributed by atoms with van der Waals surface area (Å²) < 4.78 is 6.93. The van der Waals surface area contributed by atoms with E-state index in [1.165, 1.54) is 13.2 Å². The highest BCUT2D eigenvalue weighted by Crippen LogP contribution is 2.31. The summed E-state index contributed by atoms with van der Waals surface area (Å²) in [5.74, 6) is 0.183. The van der Waals surface area contributed by atoms with Crippen molar-refractivity contribution in [2.24, 2.45) is 5.92 Å². The van der Waals surface area contributed by atoms with Gasteiger partial charge in [-0.2, -0.15) is 10.4 Å². The number of amides is 1. The molecule has 2 rings (SSSR count). The maximum absolute atomic E-state index is 12.7. The fourth-order valence-corrected chi connectivity index (χ4v) is 3.06. The van der Waals surface area contributed by atoms with Crippen LogP contribution < -0.4 is 10.1 Å². The van der Waals surface area contributed by atoms with E-state index < -0.39 is 5.91 Å². The predicted octanol–water partition coefficient (Wildman–Crippen LogP) is 5.02. The lowest BCUT2D eigenvalue weighted by Crippen LogP contribution is -2.14. The molecule has 0 fully saturated rings. The number of ether oxygens (including phenoxy) is 1. The molecule has 0 aliphatic rings. The third-order valence-electron chi connectivity index (χ3n) is 4.03. The molecule has 0 unspecified atom stereocenters. The minimum Gasteiger partial charge on any atom is -0.495 e. The van der Waals surface area contributed by atoms with Crippen molar-refractivity contribution in [3.63, 3.8) is 0 Å². The van der Waals surface area contributed by atoms with Crippen molar-refractivity contribution in [2.75, 3.05) is 12.4 Å². The highest BCUT2D eigenvalue weighted by molar-refractivity contribution is 6.32. The maximum atomic E-state index is 12.7. The number of aromatic nitrogens is 2. The molecule has 2 aromatic rings. The van der Waals surface area contributed by atoms with E-state index in [1.54, 1.807) is 23.7 Å². The number of hydrogen-bond acceptors (Lipinski definition) is 4. The summed E-state index contributed by atoms with van der Waals surface area (Å²) >= 11 is 12.5. The lowest BCUT2D eigenvalue weighted by Gasteiger charge is -2.12. The molecular formula is C20H22Cl2N4O2. The molecule has 0 aliphatic carbocycles. The zero-order valence-corrected chi connectivity index (χ0v) is 17.9. The molecule has 1 aromatic heterocycles. The van der Waals surface area contributed by atoms with Crippen LogP contribution in [0.1, 0.15) is 30.7 Å². The minimum absolute atomic E-state index is 0.0937. The second kappa shape index (κ2) is 9.13. The van der Waals surface area contributed by atoms with Crippen LogP contribution >= 0.6 is 23.2 Å². The zero-order valence-electron chi connectivity index (χ0n) is 16.4. The summed E-state index contributed by atoms with van der Waals surface area (Å²) in [7, 11) is 1.48. The van der Waals surface area contributed by atoms with Crippen LogP contribution in [0.4, 0.5) is 5.69 Å². The number of carbonyl (C=O) groups is 1. The van der Waals surface area contributed by atoms with Crippen LogP contribution in [-0.2, 0) is 11.3 Å². The zero-order chi connectivity index (χ0) is 21.0. The van der Waals surface area contributed by atoms with Crippen molar-refractivity contribution in [3.05, 3.63) is 44.7 Å². The second-order valence-electron chi connectivity index (χ2n) is 6.79. The normalized spacial score (nSPS) is 11.5. The largest absolute Gasteiger partial charge is 0.495 e. The molecule has 1 N–H and O–H groups in total. The fraction of sp³-hybridized carbons (Fsp3) is 0.350. The third-order valence-corrected chi connectivity index (χ3v) is 4.84. The molecular weight excluding hydrogens is 399 g/mol. The van der Waals surface area contributed by atoms with Gasteiger partial charge in [0.25, 0.3) is 5.91 Å². The van der Waals surface area contributed by atoms with Crippen molar-refractivity contribution >= 4 is 40.9 Å². The molecule has 6 nitrogen and oxygen atoms in total. The number of anilines is 1. The average Bonchev–Trinajstić information content (AvgIpc) is 2.88. The van der Waals surface area contributed by atoms with Gasteiger partial charge in [-0.15, -0.1) is 0 Å². The van der Waals surface area contributed by atoms with Gasteiger partial charge in [-0.25, -0.2) is 0 Å². The van der Waals surface area contributed by atoms with Gasteiger partial charge >= 0.3 is 0 Å². The SMILES string of the molecule is COc1cc(Cl)c(C)cc1NC(=O)/C(C#N)=C/c1c(C)nn(CC(C)C)c1Cl. The quantitative estimate of drug-likeness (QED) is 0.525. The van der Waals surface area contributed by atoms with Crippen LogP contribution in [0.15, 0.2) is 17.7 Å². The van der Waals surface area contributed by atoms with Crippen molar-refractivity contribution in [1.29, 1.82) is 5.26 Å². The first kappa shape index (κ1) is 21.8. The van der Waals surface area contributed by atoms with E-state index in [1.807, 2.05) is 13.0 Å². The molecule has 148 valence electrons. The Morgan fingerprint density at radius 2 is 2.07 bits per heavy atom. The van der Waals surface area contributed by atoms with E-state index in [4.69, 9.17) is 27.9 Å². The van der Waals surface area contributed by atoms with Crippen molar-refractivity contribution < 1.29 is 9.53 Å². The van der Waals surface area contributed by atoms with E-state index >= 15 is 0 Å². The van der Waals surface area contributed by atoms with Gasteiger partial charge in [-0.1, -0.05) is 37.0 Å². The van der Waals surface area contributed by atoms with Gasteiger partial charge in [-0.05, 0) is 37.5 Å². The van der Waals surface area contributed by atoms with Crippen molar-refractivity contribution in [3.8, 4) is 11.8 Å². The molecule has 0 aliphatic heterocycles. The first-order chi connectivity index (χ1) is 13.2.